The van der Waals surface area contributed by atoms with E-state index in [1.807, 2.05) is 30.5 Å². The summed E-state index contributed by atoms with van der Waals surface area (Å²) < 4.78 is 0. The maximum atomic E-state index is 11.2. The molecular weight excluding hydrogens is 208 g/mol. The highest BCUT2D eigenvalue weighted by Crippen LogP contribution is 2.14. The molecule has 1 rings (SSSR count). The summed E-state index contributed by atoms with van der Waals surface area (Å²) in [6, 6.07) is 7.65. The first-order valence-corrected chi connectivity index (χ1v) is 6.02. The monoisotopic (exact) mass is 224 g/mol. The van der Waals surface area contributed by atoms with Crippen LogP contribution in [0.4, 0.5) is 0 Å². The van der Waals surface area contributed by atoms with Crippen molar-refractivity contribution in [3.63, 3.8) is 0 Å². The zero-order valence-corrected chi connectivity index (χ0v) is 9.80. The number of nitrogens with one attached hydrogen (secondary N) is 1. The van der Waals surface area contributed by atoms with Gasteiger partial charge in [-0.05, 0) is 30.9 Å². The summed E-state index contributed by atoms with van der Waals surface area (Å²) >= 11 is 1.70. The highest BCUT2D eigenvalue weighted by atomic mass is 32.2. The standard InChI is InChI=1S/C11H16N2OS/c1-8(12)11(14)13-7-9-3-5-10(15-2)6-4-9/h3-6,8H,7,12H2,1-2H3,(H,13,14)/t8-/m0/s1. The van der Waals surface area contributed by atoms with E-state index in [1.54, 1.807) is 18.7 Å². The SMILES string of the molecule is CSc1ccc(CNC(=O)[C@H](C)N)cc1. The minimum absolute atomic E-state index is 0.121. The van der Waals surface area contributed by atoms with Gasteiger partial charge in [0.05, 0.1) is 6.04 Å². The van der Waals surface area contributed by atoms with E-state index in [1.165, 1.54) is 4.90 Å². The van der Waals surface area contributed by atoms with E-state index < -0.39 is 6.04 Å². The Bertz CT molecular complexity index is 322. The van der Waals surface area contributed by atoms with Crippen LogP contribution in [0.25, 0.3) is 0 Å². The van der Waals surface area contributed by atoms with Gasteiger partial charge in [-0.1, -0.05) is 12.1 Å². The number of hydrogen-bond donors (Lipinski definition) is 2. The van der Waals surface area contributed by atoms with Crippen molar-refractivity contribution in [2.24, 2.45) is 5.73 Å². The van der Waals surface area contributed by atoms with Crippen molar-refractivity contribution >= 4 is 17.7 Å². The maximum Gasteiger partial charge on any atom is 0.236 e. The first-order chi connectivity index (χ1) is 7.13. The van der Waals surface area contributed by atoms with Crippen LogP contribution < -0.4 is 11.1 Å². The lowest BCUT2D eigenvalue weighted by atomic mass is 10.2. The number of nitrogens with two attached hydrogens (primary N) is 1. The highest BCUT2D eigenvalue weighted by Gasteiger charge is 2.05. The van der Waals surface area contributed by atoms with Gasteiger partial charge in [0, 0.05) is 11.4 Å². The summed E-state index contributed by atoms with van der Waals surface area (Å²) in [6.07, 6.45) is 2.03. The molecule has 0 unspecified atom stereocenters. The topological polar surface area (TPSA) is 55.1 Å². The average Bonchev–Trinajstić information content (AvgIpc) is 2.26. The zero-order chi connectivity index (χ0) is 11.3. The fraction of sp³-hybridized carbons (Fsp3) is 0.364. The average molecular weight is 224 g/mol. The van der Waals surface area contributed by atoms with E-state index in [9.17, 15) is 4.79 Å². The molecule has 0 radical (unpaired) electrons. The molecule has 0 bridgehead atoms. The minimum Gasteiger partial charge on any atom is -0.351 e. The first kappa shape index (κ1) is 12.1. The molecule has 0 aliphatic rings. The molecule has 0 heterocycles. The van der Waals surface area contributed by atoms with Crippen LogP contribution in [-0.2, 0) is 11.3 Å². The van der Waals surface area contributed by atoms with Gasteiger partial charge in [-0.3, -0.25) is 4.79 Å². The summed E-state index contributed by atoms with van der Waals surface area (Å²) in [5.74, 6) is -0.121. The lowest BCUT2D eigenvalue weighted by Crippen LogP contribution is -2.37. The van der Waals surface area contributed by atoms with Gasteiger partial charge in [-0.25, -0.2) is 0 Å². The van der Waals surface area contributed by atoms with E-state index in [2.05, 4.69) is 5.32 Å². The first-order valence-electron chi connectivity index (χ1n) is 4.79. The number of hydrogen-bond acceptors (Lipinski definition) is 3. The summed E-state index contributed by atoms with van der Waals surface area (Å²) in [5.41, 5.74) is 6.52. The molecule has 0 aromatic heterocycles. The predicted octanol–water partition coefficient (Wildman–Crippen LogP) is 1.37. The van der Waals surface area contributed by atoms with Gasteiger partial charge in [0.1, 0.15) is 0 Å². The molecule has 0 saturated heterocycles. The van der Waals surface area contributed by atoms with Gasteiger partial charge >= 0.3 is 0 Å². The number of benzene rings is 1. The van der Waals surface area contributed by atoms with Crippen molar-refractivity contribution in [2.45, 2.75) is 24.4 Å². The van der Waals surface area contributed by atoms with Crippen LogP contribution in [0.1, 0.15) is 12.5 Å². The molecule has 1 aromatic carbocycles. The largest absolute Gasteiger partial charge is 0.351 e. The predicted molar refractivity (Wildman–Crippen MR) is 63.7 cm³/mol. The molecular formula is C11H16N2OS. The zero-order valence-electron chi connectivity index (χ0n) is 8.99. The molecule has 3 nitrogen and oxygen atoms in total. The van der Waals surface area contributed by atoms with Crippen LogP contribution in [0.15, 0.2) is 29.2 Å². The summed E-state index contributed by atoms with van der Waals surface area (Å²) in [5, 5.41) is 2.77. The number of thioether (sulfide) groups is 1. The third-order valence-electron chi connectivity index (χ3n) is 2.04. The molecule has 0 saturated carbocycles. The van der Waals surface area contributed by atoms with Gasteiger partial charge in [-0.2, -0.15) is 0 Å². The Morgan fingerprint density at radius 1 is 1.47 bits per heavy atom. The molecule has 1 amide bonds. The van der Waals surface area contributed by atoms with Crippen molar-refractivity contribution < 1.29 is 4.79 Å². The molecule has 15 heavy (non-hydrogen) atoms. The van der Waals surface area contributed by atoms with Crippen LogP contribution in [-0.4, -0.2) is 18.2 Å². The van der Waals surface area contributed by atoms with Crippen LogP contribution in [0.5, 0.6) is 0 Å². The molecule has 0 aliphatic carbocycles. The number of amides is 1. The quantitative estimate of drug-likeness (QED) is 0.760. The number of carbonyl (C=O) groups excluding carboxylic acids is 1. The molecule has 3 N–H and O–H groups in total. The third-order valence-corrected chi connectivity index (χ3v) is 2.78. The Morgan fingerprint density at radius 2 is 2.07 bits per heavy atom. The second kappa shape index (κ2) is 5.78. The van der Waals surface area contributed by atoms with Gasteiger partial charge in [0.2, 0.25) is 5.91 Å². The van der Waals surface area contributed by atoms with E-state index >= 15 is 0 Å². The van der Waals surface area contributed by atoms with Crippen LogP contribution >= 0.6 is 11.8 Å². The van der Waals surface area contributed by atoms with Gasteiger partial charge in [0.15, 0.2) is 0 Å². The Balaban J connectivity index is 2.47. The van der Waals surface area contributed by atoms with Crippen molar-refractivity contribution in [1.29, 1.82) is 0 Å². The summed E-state index contributed by atoms with van der Waals surface area (Å²) in [6.45, 7) is 2.21. The Hall–Kier alpha value is -1.00. The summed E-state index contributed by atoms with van der Waals surface area (Å²) in [4.78, 5) is 12.4. The molecule has 82 valence electrons. The second-order valence-electron chi connectivity index (χ2n) is 3.35. The van der Waals surface area contributed by atoms with Crippen LogP contribution in [0.2, 0.25) is 0 Å². The molecule has 0 aliphatic heterocycles. The van der Waals surface area contributed by atoms with E-state index in [4.69, 9.17) is 5.73 Å². The number of carbonyl (C=O) groups is 1. The fourth-order valence-electron chi connectivity index (χ4n) is 1.09. The molecule has 0 fully saturated rings. The minimum atomic E-state index is -0.449. The van der Waals surface area contributed by atoms with Crippen molar-refractivity contribution in [3.05, 3.63) is 29.8 Å². The van der Waals surface area contributed by atoms with E-state index in [-0.39, 0.29) is 5.91 Å². The van der Waals surface area contributed by atoms with Crippen molar-refractivity contribution in [3.8, 4) is 0 Å². The maximum absolute atomic E-state index is 11.2. The van der Waals surface area contributed by atoms with Crippen molar-refractivity contribution in [2.75, 3.05) is 6.26 Å². The van der Waals surface area contributed by atoms with Gasteiger partial charge in [0.25, 0.3) is 0 Å². The van der Waals surface area contributed by atoms with E-state index in [0.29, 0.717) is 6.54 Å². The van der Waals surface area contributed by atoms with Gasteiger partial charge < -0.3 is 11.1 Å². The summed E-state index contributed by atoms with van der Waals surface area (Å²) in [7, 11) is 0. The Labute approximate surface area is 94.4 Å². The van der Waals surface area contributed by atoms with Crippen LogP contribution in [0.3, 0.4) is 0 Å². The van der Waals surface area contributed by atoms with E-state index in [0.717, 1.165) is 5.56 Å². The lowest BCUT2D eigenvalue weighted by molar-refractivity contribution is -0.122. The molecule has 1 atom stereocenters. The Kier molecular flexibility index (Phi) is 4.65. The van der Waals surface area contributed by atoms with Crippen LogP contribution in [0, 0.1) is 0 Å². The normalized spacial score (nSPS) is 12.2. The molecule has 1 aromatic rings. The second-order valence-corrected chi connectivity index (χ2v) is 4.23. The molecule has 0 spiro atoms. The Morgan fingerprint density at radius 3 is 2.53 bits per heavy atom. The molecule has 4 heteroatoms. The fourth-order valence-corrected chi connectivity index (χ4v) is 1.50. The number of rotatable bonds is 4. The third kappa shape index (κ3) is 3.93. The van der Waals surface area contributed by atoms with Crippen molar-refractivity contribution in [1.82, 2.24) is 5.32 Å². The highest BCUT2D eigenvalue weighted by molar-refractivity contribution is 7.98. The smallest absolute Gasteiger partial charge is 0.236 e. The lowest BCUT2D eigenvalue weighted by Gasteiger charge is -2.07. The van der Waals surface area contributed by atoms with Gasteiger partial charge in [-0.15, -0.1) is 11.8 Å².